The highest BCUT2D eigenvalue weighted by atomic mass is 16.5. The molecule has 5 nitrogen and oxygen atoms in total. The first-order chi connectivity index (χ1) is 10.8. The number of hydrogen-bond acceptors (Lipinski definition) is 3. The Morgan fingerprint density at radius 3 is 2.83 bits per heavy atom. The van der Waals surface area contributed by atoms with Gasteiger partial charge in [-0.1, -0.05) is 24.3 Å². The summed E-state index contributed by atoms with van der Waals surface area (Å²) in [5, 5.41) is 12.6. The summed E-state index contributed by atoms with van der Waals surface area (Å²) < 4.78 is 5.78. The third kappa shape index (κ3) is 6.20. The molecule has 1 saturated heterocycles. The smallest absolute Gasteiger partial charge is 0.317 e. The number of hydrogen-bond donors (Lipinski definition) is 2. The van der Waals surface area contributed by atoms with Crippen LogP contribution in [0.1, 0.15) is 44.7 Å². The molecule has 0 saturated carbocycles. The number of nitrogens with one attached hydrogen (secondary N) is 1. The molecule has 0 unspecified atom stereocenters. The molecule has 1 heterocycles. The Morgan fingerprint density at radius 1 is 1.39 bits per heavy atom. The molecule has 1 aliphatic heterocycles. The van der Waals surface area contributed by atoms with Gasteiger partial charge in [0.2, 0.25) is 0 Å². The van der Waals surface area contributed by atoms with Crippen LogP contribution in [-0.4, -0.2) is 40.8 Å². The minimum absolute atomic E-state index is 0.111. The van der Waals surface area contributed by atoms with Crippen molar-refractivity contribution in [2.45, 2.75) is 58.5 Å². The van der Waals surface area contributed by atoms with Crippen LogP contribution in [0.15, 0.2) is 24.3 Å². The maximum absolute atomic E-state index is 12.1. The molecule has 1 fully saturated rings. The molecule has 5 heteroatoms. The maximum atomic E-state index is 12.1. The summed E-state index contributed by atoms with van der Waals surface area (Å²) in [4.78, 5) is 13.8. The highest BCUT2D eigenvalue weighted by molar-refractivity contribution is 5.74. The van der Waals surface area contributed by atoms with Crippen molar-refractivity contribution in [2.24, 2.45) is 0 Å². The Balaban J connectivity index is 1.84. The van der Waals surface area contributed by atoms with Gasteiger partial charge in [0.05, 0.1) is 18.3 Å². The summed E-state index contributed by atoms with van der Waals surface area (Å²) >= 11 is 0. The number of aliphatic hydroxyl groups is 1. The molecule has 1 aromatic carbocycles. The predicted octanol–water partition coefficient (Wildman–Crippen LogP) is 2.67. The number of ether oxygens (including phenoxy) is 1. The fraction of sp³-hybridized carbons (Fsp3) is 0.611. The largest absolute Gasteiger partial charge is 0.391 e. The van der Waals surface area contributed by atoms with E-state index in [-0.39, 0.29) is 11.6 Å². The first-order valence-corrected chi connectivity index (χ1v) is 8.26. The third-order valence-electron chi connectivity index (χ3n) is 3.79. The molecule has 0 radical (unpaired) electrons. The summed E-state index contributed by atoms with van der Waals surface area (Å²) in [5.41, 5.74) is 1.98. The highest BCUT2D eigenvalue weighted by Crippen LogP contribution is 2.14. The molecular formula is C18H28N2O3. The zero-order chi connectivity index (χ0) is 16.9. The molecule has 0 aromatic heterocycles. The second-order valence-corrected chi connectivity index (χ2v) is 7.12. The molecule has 23 heavy (non-hydrogen) atoms. The van der Waals surface area contributed by atoms with E-state index in [1.165, 1.54) is 0 Å². The zero-order valence-corrected chi connectivity index (χ0v) is 14.3. The zero-order valence-electron chi connectivity index (χ0n) is 14.3. The SMILES string of the molecule is CC(C)(C)OCc1cccc(CNC(=O)N2CCC[C@@H](O)C2)c1. The van der Waals surface area contributed by atoms with Gasteiger partial charge in [0.15, 0.2) is 0 Å². The number of benzene rings is 1. The first-order valence-electron chi connectivity index (χ1n) is 8.26. The number of likely N-dealkylation sites (tertiary alicyclic amines) is 1. The first kappa shape index (κ1) is 17.8. The van der Waals surface area contributed by atoms with Crippen molar-refractivity contribution >= 4 is 6.03 Å². The molecule has 1 atom stereocenters. The monoisotopic (exact) mass is 320 g/mol. The number of carbonyl (C=O) groups excluding carboxylic acids is 1. The summed E-state index contributed by atoms with van der Waals surface area (Å²) in [6.07, 6.45) is 1.24. The molecule has 2 N–H and O–H groups in total. The van der Waals surface area contributed by atoms with Gasteiger partial charge in [0.25, 0.3) is 0 Å². The number of urea groups is 1. The lowest BCUT2D eigenvalue weighted by molar-refractivity contribution is -0.0149. The average Bonchev–Trinajstić information content (AvgIpc) is 2.50. The van der Waals surface area contributed by atoms with Crippen molar-refractivity contribution in [2.75, 3.05) is 13.1 Å². The van der Waals surface area contributed by atoms with E-state index in [0.717, 1.165) is 24.0 Å². The van der Waals surface area contributed by atoms with Crippen LogP contribution in [0, 0.1) is 0 Å². The lowest BCUT2D eigenvalue weighted by atomic mass is 10.1. The molecular weight excluding hydrogens is 292 g/mol. The average molecular weight is 320 g/mol. The fourth-order valence-corrected chi connectivity index (χ4v) is 2.56. The second-order valence-electron chi connectivity index (χ2n) is 7.12. The van der Waals surface area contributed by atoms with Crippen LogP contribution in [0.5, 0.6) is 0 Å². The Bertz CT molecular complexity index is 525. The van der Waals surface area contributed by atoms with E-state index >= 15 is 0 Å². The van der Waals surface area contributed by atoms with Gasteiger partial charge in [-0.3, -0.25) is 0 Å². The minimum Gasteiger partial charge on any atom is -0.391 e. The predicted molar refractivity (Wildman–Crippen MR) is 90.0 cm³/mol. The van der Waals surface area contributed by atoms with Gasteiger partial charge < -0.3 is 20.1 Å². The molecule has 0 bridgehead atoms. The highest BCUT2D eigenvalue weighted by Gasteiger charge is 2.21. The van der Waals surface area contributed by atoms with Crippen LogP contribution < -0.4 is 5.32 Å². The second kappa shape index (κ2) is 7.79. The van der Waals surface area contributed by atoms with Gasteiger partial charge in [-0.25, -0.2) is 4.79 Å². The van der Waals surface area contributed by atoms with Crippen molar-refractivity contribution in [3.8, 4) is 0 Å². The van der Waals surface area contributed by atoms with Crippen LogP contribution in [0.25, 0.3) is 0 Å². The van der Waals surface area contributed by atoms with Gasteiger partial charge >= 0.3 is 6.03 Å². The van der Waals surface area contributed by atoms with E-state index in [1.807, 2.05) is 39.0 Å². The number of aliphatic hydroxyl groups excluding tert-OH is 1. The Morgan fingerprint density at radius 2 is 2.13 bits per heavy atom. The lowest BCUT2D eigenvalue weighted by Crippen LogP contribution is -2.46. The van der Waals surface area contributed by atoms with E-state index in [4.69, 9.17) is 4.74 Å². The lowest BCUT2D eigenvalue weighted by Gasteiger charge is -2.30. The summed E-state index contributed by atoms with van der Waals surface area (Å²) in [7, 11) is 0. The molecule has 2 rings (SSSR count). The van der Waals surface area contributed by atoms with Crippen LogP contribution >= 0.6 is 0 Å². The van der Waals surface area contributed by atoms with E-state index < -0.39 is 6.10 Å². The Kier molecular flexibility index (Phi) is 6.02. The van der Waals surface area contributed by atoms with Gasteiger partial charge in [-0.15, -0.1) is 0 Å². The Hall–Kier alpha value is -1.59. The van der Waals surface area contributed by atoms with Gasteiger partial charge in [0, 0.05) is 19.6 Å². The number of piperidine rings is 1. The fourth-order valence-electron chi connectivity index (χ4n) is 2.56. The molecule has 1 aromatic rings. The van der Waals surface area contributed by atoms with Gasteiger partial charge in [-0.05, 0) is 44.7 Å². The number of rotatable bonds is 4. The standard InChI is InChI=1S/C18H28N2O3/c1-18(2,3)23-13-15-7-4-6-14(10-15)11-19-17(22)20-9-5-8-16(21)12-20/h4,6-7,10,16,21H,5,8-9,11-13H2,1-3H3,(H,19,22)/t16-/m1/s1. The van der Waals surface area contributed by atoms with E-state index in [2.05, 4.69) is 11.4 Å². The van der Waals surface area contributed by atoms with E-state index in [1.54, 1.807) is 4.90 Å². The van der Waals surface area contributed by atoms with Crippen LogP contribution in [0.2, 0.25) is 0 Å². The van der Waals surface area contributed by atoms with Gasteiger partial charge in [-0.2, -0.15) is 0 Å². The quantitative estimate of drug-likeness (QED) is 0.896. The van der Waals surface area contributed by atoms with Crippen molar-refractivity contribution in [3.63, 3.8) is 0 Å². The van der Waals surface area contributed by atoms with Crippen LogP contribution in [-0.2, 0) is 17.9 Å². The van der Waals surface area contributed by atoms with Crippen molar-refractivity contribution in [1.82, 2.24) is 10.2 Å². The van der Waals surface area contributed by atoms with Gasteiger partial charge in [0.1, 0.15) is 0 Å². The third-order valence-corrected chi connectivity index (χ3v) is 3.79. The molecule has 2 amide bonds. The van der Waals surface area contributed by atoms with Crippen LogP contribution in [0.3, 0.4) is 0 Å². The summed E-state index contributed by atoms with van der Waals surface area (Å²) in [5.74, 6) is 0. The number of β-amino-alcohol motifs (C(OH)–C–C–N with tert-alkyl or cyclic N) is 1. The maximum Gasteiger partial charge on any atom is 0.317 e. The topological polar surface area (TPSA) is 61.8 Å². The minimum atomic E-state index is -0.396. The number of nitrogens with zero attached hydrogens (tertiary/aromatic N) is 1. The Labute approximate surface area is 138 Å². The summed E-state index contributed by atoms with van der Waals surface area (Å²) in [6, 6.07) is 7.94. The van der Waals surface area contributed by atoms with Crippen molar-refractivity contribution < 1.29 is 14.6 Å². The molecule has 0 spiro atoms. The molecule has 128 valence electrons. The van der Waals surface area contributed by atoms with E-state index in [0.29, 0.717) is 26.2 Å². The van der Waals surface area contributed by atoms with E-state index in [9.17, 15) is 9.90 Å². The number of carbonyl (C=O) groups is 1. The van der Waals surface area contributed by atoms with Crippen LogP contribution in [0.4, 0.5) is 4.79 Å². The molecule has 0 aliphatic carbocycles. The summed E-state index contributed by atoms with van der Waals surface area (Å²) in [6.45, 7) is 8.27. The number of amides is 2. The normalized spacial score (nSPS) is 18.8. The van der Waals surface area contributed by atoms with Crippen molar-refractivity contribution in [1.29, 1.82) is 0 Å². The molecule has 1 aliphatic rings. The van der Waals surface area contributed by atoms with Crippen molar-refractivity contribution in [3.05, 3.63) is 35.4 Å².